The monoisotopic (exact) mass is 206 g/mol. The standard InChI is InChI=1S/C12H18N2O/c1-3-4-5-9-13-10-11-7-6-8-12(14-11)15-2/h3-4,6-8,13H,5,9-10H2,1-2H3/b4-3+. The Labute approximate surface area is 91.2 Å². The predicted octanol–water partition coefficient (Wildman–Crippen LogP) is 2.15. The number of hydrogen-bond acceptors (Lipinski definition) is 3. The maximum Gasteiger partial charge on any atom is 0.213 e. The summed E-state index contributed by atoms with van der Waals surface area (Å²) in [5.74, 6) is 0.669. The third-order valence-corrected chi connectivity index (χ3v) is 2.02. The first-order valence-electron chi connectivity index (χ1n) is 5.18. The van der Waals surface area contributed by atoms with Crippen molar-refractivity contribution in [3.63, 3.8) is 0 Å². The first-order chi connectivity index (χ1) is 7.36. The van der Waals surface area contributed by atoms with Crippen LogP contribution in [0.25, 0.3) is 0 Å². The largest absolute Gasteiger partial charge is 0.481 e. The maximum atomic E-state index is 5.05. The fourth-order valence-corrected chi connectivity index (χ4v) is 1.24. The second-order valence-corrected chi connectivity index (χ2v) is 3.21. The first-order valence-corrected chi connectivity index (χ1v) is 5.18. The topological polar surface area (TPSA) is 34.1 Å². The van der Waals surface area contributed by atoms with E-state index in [4.69, 9.17) is 4.74 Å². The number of allylic oxidation sites excluding steroid dienone is 1. The molecule has 1 aromatic heterocycles. The van der Waals surface area contributed by atoms with Crippen LogP contribution >= 0.6 is 0 Å². The van der Waals surface area contributed by atoms with E-state index in [-0.39, 0.29) is 0 Å². The molecule has 1 N–H and O–H groups in total. The quantitative estimate of drug-likeness (QED) is 0.572. The Morgan fingerprint density at radius 3 is 3.07 bits per heavy atom. The van der Waals surface area contributed by atoms with Gasteiger partial charge in [0.15, 0.2) is 0 Å². The van der Waals surface area contributed by atoms with Crippen LogP contribution in [0.15, 0.2) is 30.4 Å². The molecule has 0 unspecified atom stereocenters. The molecule has 0 aromatic carbocycles. The van der Waals surface area contributed by atoms with Crippen LogP contribution in [0.2, 0.25) is 0 Å². The van der Waals surface area contributed by atoms with Gasteiger partial charge in [0, 0.05) is 12.6 Å². The highest BCUT2D eigenvalue weighted by molar-refractivity contribution is 5.15. The summed E-state index contributed by atoms with van der Waals surface area (Å²) in [4.78, 5) is 4.31. The van der Waals surface area contributed by atoms with Crippen LogP contribution in [-0.4, -0.2) is 18.6 Å². The van der Waals surface area contributed by atoms with E-state index in [1.165, 1.54) is 0 Å². The molecule has 0 aliphatic carbocycles. The molecule has 0 atom stereocenters. The minimum atomic E-state index is 0.669. The molecule has 3 heteroatoms. The van der Waals surface area contributed by atoms with Crippen molar-refractivity contribution >= 4 is 0 Å². The van der Waals surface area contributed by atoms with Crippen molar-refractivity contribution in [2.45, 2.75) is 19.9 Å². The van der Waals surface area contributed by atoms with E-state index < -0.39 is 0 Å². The number of aromatic nitrogens is 1. The second kappa shape index (κ2) is 7.01. The molecule has 1 aromatic rings. The zero-order chi connectivity index (χ0) is 10.9. The van der Waals surface area contributed by atoms with Crippen LogP contribution in [0.1, 0.15) is 19.0 Å². The van der Waals surface area contributed by atoms with Gasteiger partial charge in [-0.05, 0) is 26.0 Å². The zero-order valence-electron chi connectivity index (χ0n) is 9.36. The summed E-state index contributed by atoms with van der Waals surface area (Å²) >= 11 is 0. The molecule has 1 rings (SSSR count). The molecule has 1 heterocycles. The van der Waals surface area contributed by atoms with Gasteiger partial charge in [-0.1, -0.05) is 18.2 Å². The highest BCUT2D eigenvalue weighted by atomic mass is 16.5. The highest BCUT2D eigenvalue weighted by Crippen LogP contribution is 2.05. The highest BCUT2D eigenvalue weighted by Gasteiger charge is 1.95. The van der Waals surface area contributed by atoms with Gasteiger partial charge in [-0.2, -0.15) is 0 Å². The van der Waals surface area contributed by atoms with E-state index in [1.54, 1.807) is 7.11 Å². The summed E-state index contributed by atoms with van der Waals surface area (Å²) in [6.07, 6.45) is 5.26. The molecule has 0 bridgehead atoms. The van der Waals surface area contributed by atoms with Gasteiger partial charge in [-0.25, -0.2) is 4.98 Å². The van der Waals surface area contributed by atoms with Crippen molar-refractivity contribution in [1.82, 2.24) is 10.3 Å². The summed E-state index contributed by atoms with van der Waals surface area (Å²) in [6, 6.07) is 5.79. The molecule has 0 spiro atoms. The van der Waals surface area contributed by atoms with Crippen LogP contribution in [-0.2, 0) is 6.54 Å². The zero-order valence-corrected chi connectivity index (χ0v) is 9.36. The SMILES string of the molecule is C/C=C/CCNCc1cccc(OC)n1. The van der Waals surface area contributed by atoms with Crippen LogP contribution in [0, 0.1) is 0 Å². The number of pyridine rings is 1. The molecule has 0 amide bonds. The lowest BCUT2D eigenvalue weighted by Crippen LogP contribution is -2.15. The van der Waals surface area contributed by atoms with Gasteiger partial charge in [0.05, 0.1) is 12.8 Å². The van der Waals surface area contributed by atoms with Crippen LogP contribution in [0.5, 0.6) is 5.88 Å². The normalized spacial score (nSPS) is 10.8. The van der Waals surface area contributed by atoms with Crippen molar-refractivity contribution in [2.75, 3.05) is 13.7 Å². The molecule has 0 aliphatic rings. The Hall–Kier alpha value is -1.35. The Kier molecular flexibility index (Phi) is 5.48. The molecule has 0 saturated carbocycles. The molecule has 3 nitrogen and oxygen atoms in total. The average molecular weight is 206 g/mol. The predicted molar refractivity (Wildman–Crippen MR) is 61.9 cm³/mol. The number of hydrogen-bond donors (Lipinski definition) is 1. The number of nitrogens with zero attached hydrogens (tertiary/aromatic N) is 1. The smallest absolute Gasteiger partial charge is 0.213 e. The number of methoxy groups -OCH3 is 1. The van der Waals surface area contributed by atoms with E-state index in [2.05, 4.69) is 22.5 Å². The van der Waals surface area contributed by atoms with E-state index in [0.717, 1.165) is 25.2 Å². The third kappa shape index (κ3) is 4.61. The van der Waals surface area contributed by atoms with Crippen molar-refractivity contribution in [2.24, 2.45) is 0 Å². The van der Waals surface area contributed by atoms with Crippen molar-refractivity contribution in [1.29, 1.82) is 0 Å². The lowest BCUT2D eigenvalue weighted by atomic mass is 10.3. The number of rotatable bonds is 6. The van der Waals surface area contributed by atoms with E-state index in [9.17, 15) is 0 Å². The Morgan fingerprint density at radius 1 is 1.47 bits per heavy atom. The summed E-state index contributed by atoms with van der Waals surface area (Å²) in [6.45, 7) is 3.79. The lowest BCUT2D eigenvalue weighted by molar-refractivity contribution is 0.395. The Balaban J connectivity index is 2.30. The number of ether oxygens (including phenoxy) is 1. The first kappa shape index (κ1) is 11.7. The van der Waals surface area contributed by atoms with Crippen LogP contribution in [0.3, 0.4) is 0 Å². The van der Waals surface area contributed by atoms with Crippen LogP contribution in [0.4, 0.5) is 0 Å². The fraction of sp³-hybridized carbons (Fsp3) is 0.417. The average Bonchev–Trinajstić information content (AvgIpc) is 2.29. The van der Waals surface area contributed by atoms with Gasteiger partial charge in [0.1, 0.15) is 0 Å². The summed E-state index contributed by atoms with van der Waals surface area (Å²) < 4.78 is 5.05. The van der Waals surface area contributed by atoms with Gasteiger partial charge >= 0.3 is 0 Å². The molecule has 82 valence electrons. The van der Waals surface area contributed by atoms with E-state index in [1.807, 2.05) is 25.1 Å². The molecule has 0 aliphatic heterocycles. The van der Waals surface area contributed by atoms with Crippen LogP contribution < -0.4 is 10.1 Å². The van der Waals surface area contributed by atoms with Gasteiger partial charge in [-0.15, -0.1) is 0 Å². The summed E-state index contributed by atoms with van der Waals surface area (Å²) in [7, 11) is 1.63. The van der Waals surface area contributed by atoms with Crippen molar-refractivity contribution in [3.8, 4) is 5.88 Å². The minimum Gasteiger partial charge on any atom is -0.481 e. The van der Waals surface area contributed by atoms with Gasteiger partial charge in [0.25, 0.3) is 0 Å². The molecular formula is C12H18N2O. The molecular weight excluding hydrogens is 188 g/mol. The number of nitrogens with one attached hydrogen (secondary N) is 1. The Morgan fingerprint density at radius 2 is 2.33 bits per heavy atom. The minimum absolute atomic E-state index is 0.669. The van der Waals surface area contributed by atoms with Crippen molar-refractivity contribution < 1.29 is 4.74 Å². The molecule has 0 fully saturated rings. The molecule has 0 radical (unpaired) electrons. The molecule has 0 saturated heterocycles. The molecule has 15 heavy (non-hydrogen) atoms. The Bertz CT molecular complexity index is 310. The van der Waals surface area contributed by atoms with E-state index in [0.29, 0.717) is 5.88 Å². The third-order valence-electron chi connectivity index (χ3n) is 2.02. The van der Waals surface area contributed by atoms with Crippen molar-refractivity contribution in [3.05, 3.63) is 36.0 Å². The van der Waals surface area contributed by atoms with Gasteiger partial charge in [-0.3, -0.25) is 0 Å². The summed E-state index contributed by atoms with van der Waals surface area (Å²) in [5.41, 5.74) is 1.01. The van der Waals surface area contributed by atoms with Gasteiger partial charge < -0.3 is 10.1 Å². The van der Waals surface area contributed by atoms with Gasteiger partial charge in [0.2, 0.25) is 5.88 Å². The van der Waals surface area contributed by atoms with E-state index >= 15 is 0 Å². The lowest BCUT2D eigenvalue weighted by Gasteiger charge is -2.04. The fourth-order valence-electron chi connectivity index (χ4n) is 1.24. The second-order valence-electron chi connectivity index (χ2n) is 3.21. The maximum absolute atomic E-state index is 5.05. The summed E-state index contributed by atoms with van der Waals surface area (Å²) in [5, 5.41) is 3.32.